The van der Waals surface area contributed by atoms with Gasteiger partial charge in [0.15, 0.2) is 0 Å². The van der Waals surface area contributed by atoms with Crippen LogP contribution in [0.4, 0.5) is 0 Å². The van der Waals surface area contributed by atoms with Gasteiger partial charge in [0.05, 0.1) is 6.04 Å². The fourth-order valence-electron chi connectivity index (χ4n) is 1.07. The number of aromatic hydroxyl groups is 1. The van der Waals surface area contributed by atoms with Crippen molar-refractivity contribution in [3.8, 4) is 5.75 Å². The number of hydrogen-bond acceptors (Lipinski definition) is 3. The second-order valence-electron chi connectivity index (χ2n) is 2.83. The van der Waals surface area contributed by atoms with Crippen molar-refractivity contribution < 1.29 is 9.90 Å². The molecule has 3 nitrogen and oxygen atoms in total. The molecule has 0 aliphatic carbocycles. The van der Waals surface area contributed by atoms with Gasteiger partial charge in [0.25, 0.3) is 0 Å². The lowest BCUT2D eigenvalue weighted by Crippen LogP contribution is -2.28. The number of rotatable bonds is 4. The van der Waals surface area contributed by atoms with Crippen LogP contribution in [0.1, 0.15) is 5.56 Å². The number of phenolic OH excluding ortho intramolecular Hbond substituents is 1. The highest BCUT2D eigenvalue weighted by Crippen LogP contribution is 2.10. The van der Waals surface area contributed by atoms with E-state index in [0.717, 1.165) is 5.56 Å². The molecule has 69 valence electrons. The normalized spacial score (nSPS) is 12.4. The van der Waals surface area contributed by atoms with Crippen molar-refractivity contribution in [2.45, 2.75) is 12.5 Å². The maximum absolute atomic E-state index is 10.4. The molecule has 1 radical (unpaired) electrons. The van der Waals surface area contributed by atoms with E-state index < -0.39 is 0 Å². The minimum absolute atomic E-state index is 0.236. The predicted molar refractivity (Wildman–Crippen MR) is 50.4 cm³/mol. The molecular formula is C10H12NO2. The molecule has 1 aromatic carbocycles. The van der Waals surface area contributed by atoms with Crippen molar-refractivity contribution in [2.75, 3.05) is 7.05 Å². The number of carbonyl (C=O) groups excluding carboxylic acids is 1. The van der Waals surface area contributed by atoms with E-state index >= 15 is 0 Å². The van der Waals surface area contributed by atoms with Crippen molar-refractivity contribution in [1.82, 2.24) is 5.32 Å². The molecule has 1 rings (SSSR count). The molecule has 0 bridgehead atoms. The Bertz CT molecular complexity index is 269. The Morgan fingerprint density at radius 2 is 2.08 bits per heavy atom. The second kappa shape index (κ2) is 4.62. The van der Waals surface area contributed by atoms with Crippen LogP contribution in [0.25, 0.3) is 0 Å². The number of likely N-dealkylation sites (N-methyl/N-ethyl adjacent to an activating group) is 1. The Morgan fingerprint density at radius 1 is 1.46 bits per heavy atom. The Hall–Kier alpha value is -1.35. The van der Waals surface area contributed by atoms with Crippen LogP contribution >= 0.6 is 0 Å². The molecule has 0 unspecified atom stereocenters. The molecule has 2 N–H and O–H groups in total. The number of phenols is 1. The van der Waals surface area contributed by atoms with Crippen molar-refractivity contribution in [1.29, 1.82) is 0 Å². The largest absolute Gasteiger partial charge is 0.508 e. The van der Waals surface area contributed by atoms with Gasteiger partial charge in [-0.05, 0) is 31.2 Å². The summed E-state index contributed by atoms with van der Waals surface area (Å²) in [5.74, 6) is 0.236. The summed E-state index contributed by atoms with van der Waals surface area (Å²) in [6, 6.07) is 6.51. The van der Waals surface area contributed by atoms with Crippen LogP contribution < -0.4 is 5.32 Å². The zero-order chi connectivity index (χ0) is 9.68. The maximum atomic E-state index is 10.4. The maximum Gasteiger partial charge on any atom is 0.217 e. The monoisotopic (exact) mass is 178 g/mol. The molecule has 1 atom stereocenters. The number of hydrogen-bond donors (Lipinski definition) is 2. The average molecular weight is 178 g/mol. The van der Waals surface area contributed by atoms with E-state index in [1.807, 2.05) is 6.29 Å². The molecule has 0 saturated carbocycles. The van der Waals surface area contributed by atoms with E-state index in [1.54, 1.807) is 31.3 Å². The van der Waals surface area contributed by atoms with Crippen molar-refractivity contribution >= 4 is 6.29 Å². The first-order chi connectivity index (χ1) is 6.26. The lowest BCUT2D eigenvalue weighted by atomic mass is 10.1. The minimum Gasteiger partial charge on any atom is -0.508 e. The molecule has 3 heteroatoms. The molecule has 0 heterocycles. The van der Waals surface area contributed by atoms with Gasteiger partial charge < -0.3 is 10.4 Å². The summed E-state index contributed by atoms with van der Waals surface area (Å²) in [4.78, 5) is 10.4. The molecule has 0 saturated heterocycles. The topological polar surface area (TPSA) is 49.3 Å². The quantitative estimate of drug-likeness (QED) is 0.711. The van der Waals surface area contributed by atoms with Crippen molar-refractivity contribution in [3.05, 3.63) is 29.8 Å². The summed E-state index contributed by atoms with van der Waals surface area (Å²) < 4.78 is 0. The summed E-state index contributed by atoms with van der Waals surface area (Å²) in [5, 5.41) is 11.8. The zero-order valence-corrected chi connectivity index (χ0v) is 7.45. The Labute approximate surface area is 77.4 Å². The van der Waals surface area contributed by atoms with E-state index in [0.29, 0.717) is 6.42 Å². The van der Waals surface area contributed by atoms with Gasteiger partial charge in [-0.3, -0.25) is 4.79 Å². The van der Waals surface area contributed by atoms with E-state index in [-0.39, 0.29) is 11.8 Å². The lowest BCUT2D eigenvalue weighted by Gasteiger charge is -2.07. The van der Waals surface area contributed by atoms with Gasteiger partial charge in [0.2, 0.25) is 6.29 Å². The van der Waals surface area contributed by atoms with Crippen molar-refractivity contribution in [3.63, 3.8) is 0 Å². The molecule has 13 heavy (non-hydrogen) atoms. The van der Waals surface area contributed by atoms with Crippen LogP contribution in [0.2, 0.25) is 0 Å². The third-order valence-corrected chi connectivity index (χ3v) is 1.87. The molecule has 0 fully saturated rings. The van der Waals surface area contributed by atoms with Crippen LogP contribution in [-0.4, -0.2) is 24.5 Å². The van der Waals surface area contributed by atoms with Crippen LogP contribution in [0.5, 0.6) is 5.75 Å². The Balaban J connectivity index is 2.63. The van der Waals surface area contributed by atoms with E-state index in [2.05, 4.69) is 5.32 Å². The highest BCUT2D eigenvalue weighted by Gasteiger charge is 2.05. The van der Waals surface area contributed by atoms with Gasteiger partial charge in [0.1, 0.15) is 5.75 Å². The predicted octanol–water partition coefficient (Wildman–Crippen LogP) is 0.632. The van der Waals surface area contributed by atoms with Crippen LogP contribution in [0.15, 0.2) is 24.3 Å². The molecular weight excluding hydrogens is 166 g/mol. The van der Waals surface area contributed by atoms with E-state index in [4.69, 9.17) is 5.11 Å². The third-order valence-electron chi connectivity index (χ3n) is 1.87. The average Bonchev–Trinajstić information content (AvgIpc) is 2.17. The minimum atomic E-state index is -0.274. The van der Waals surface area contributed by atoms with Crippen molar-refractivity contribution in [2.24, 2.45) is 0 Å². The fraction of sp³-hybridized carbons (Fsp3) is 0.300. The molecule has 0 aliphatic rings. The SMILES string of the molecule is CN[C@H]([C]=O)Cc1ccc(O)cc1. The smallest absolute Gasteiger partial charge is 0.217 e. The second-order valence-corrected chi connectivity index (χ2v) is 2.83. The first-order valence-electron chi connectivity index (χ1n) is 4.09. The lowest BCUT2D eigenvalue weighted by molar-refractivity contribution is 0.475. The van der Waals surface area contributed by atoms with Gasteiger partial charge in [-0.25, -0.2) is 0 Å². The summed E-state index contributed by atoms with van der Waals surface area (Å²) in [5.41, 5.74) is 1.00. The summed E-state index contributed by atoms with van der Waals surface area (Å²) in [6.07, 6.45) is 2.49. The molecule has 0 aromatic heterocycles. The van der Waals surface area contributed by atoms with Gasteiger partial charge in [0, 0.05) is 0 Å². The van der Waals surface area contributed by atoms with Crippen LogP contribution in [0, 0.1) is 0 Å². The third kappa shape index (κ3) is 2.87. The Morgan fingerprint density at radius 3 is 2.54 bits per heavy atom. The van der Waals surface area contributed by atoms with Gasteiger partial charge in [-0.1, -0.05) is 12.1 Å². The fourth-order valence-corrected chi connectivity index (χ4v) is 1.07. The first-order valence-corrected chi connectivity index (χ1v) is 4.09. The summed E-state index contributed by atoms with van der Waals surface area (Å²) in [7, 11) is 1.72. The summed E-state index contributed by atoms with van der Waals surface area (Å²) in [6.45, 7) is 0. The number of benzene rings is 1. The van der Waals surface area contributed by atoms with Gasteiger partial charge in [-0.15, -0.1) is 0 Å². The molecule has 0 amide bonds. The summed E-state index contributed by atoms with van der Waals surface area (Å²) >= 11 is 0. The van der Waals surface area contributed by atoms with Gasteiger partial charge >= 0.3 is 0 Å². The molecule has 0 spiro atoms. The van der Waals surface area contributed by atoms with E-state index in [1.165, 1.54) is 0 Å². The van der Waals surface area contributed by atoms with Crippen LogP contribution in [-0.2, 0) is 11.2 Å². The Kier molecular flexibility index (Phi) is 3.46. The van der Waals surface area contributed by atoms with E-state index in [9.17, 15) is 4.79 Å². The highest BCUT2D eigenvalue weighted by atomic mass is 16.3. The molecule has 1 aromatic rings. The standard InChI is InChI=1S/C10H12NO2/c1-11-9(7-12)6-8-2-4-10(13)5-3-8/h2-5,9,11,13H,6H2,1H3/t9-/m0/s1. The molecule has 0 aliphatic heterocycles. The first kappa shape index (κ1) is 9.74. The number of nitrogens with one attached hydrogen (secondary N) is 1. The van der Waals surface area contributed by atoms with Gasteiger partial charge in [-0.2, -0.15) is 0 Å². The highest BCUT2D eigenvalue weighted by molar-refractivity contribution is 5.59. The van der Waals surface area contributed by atoms with Crippen LogP contribution in [0.3, 0.4) is 0 Å². The zero-order valence-electron chi connectivity index (χ0n) is 7.45.